The molecule has 0 saturated heterocycles. The molecule has 1 aromatic carbocycles. The summed E-state index contributed by atoms with van der Waals surface area (Å²) < 4.78 is 0. The Balaban J connectivity index is 3.90. The van der Waals surface area contributed by atoms with Crippen LogP contribution in [0.1, 0.15) is 141 Å². The van der Waals surface area contributed by atoms with Crippen LogP contribution in [0.5, 0.6) is 0 Å². The Kier molecular flexibility index (Phi) is 10.6. The van der Waals surface area contributed by atoms with Crippen molar-refractivity contribution in [3.8, 4) is 11.5 Å². The number of anilines is 1. The average molecular weight is 512 g/mol. The van der Waals surface area contributed by atoms with Crippen LogP contribution in [0.3, 0.4) is 0 Å². The summed E-state index contributed by atoms with van der Waals surface area (Å²) in [6, 6.07) is 5.08. The highest BCUT2D eigenvalue weighted by molar-refractivity contribution is 6.90. The van der Waals surface area contributed by atoms with Crippen LogP contribution in [0.2, 0.25) is 16.6 Å². The number of hydrogen-bond donors (Lipinski definition) is 1. The Morgan fingerprint density at radius 1 is 0.667 bits per heavy atom. The molecule has 1 nitrogen and oxygen atoms in total. The molecule has 2 heteroatoms. The molecule has 0 amide bonds. The van der Waals surface area contributed by atoms with E-state index in [1.165, 1.54) is 22.4 Å². The van der Waals surface area contributed by atoms with Gasteiger partial charge in [-0.05, 0) is 61.9 Å². The van der Waals surface area contributed by atoms with Gasteiger partial charge in [0.2, 0.25) is 0 Å². The molecule has 0 aliphatic carbocycles. The fraction of sp³-hybridized carbons (Fsp3) is 0.765. The summed E-state index contributed by atoms with van der Waals surface area (Å²) in [5, 5.41) is 4.08. The molecule has 0 saturated carbocycles. The van der Waals surface area contributed by atoms with Crippen molar-refractivity contribution in [1.82, 2.24) is 0 Å². The molecule has 36 heavy (non-hydrogen) atoms. The highest BCUT2D eigenvalue weighted by Crippen LogP contribution is 2.43. The van der Waals surface area contributed by atoms with Crippen molar-refractivity contribution in [1.29, 1.82) is 0 Å². The molecule has 0 aromatic heterocycles. The lowest BCUT2D eigenvalue weighted by atomic mass is 9.74. The Labute approximate surface area is 228 Å². The van der Waals surface area contributed by atoms with Gasteiger partial charge in [-0.25, -0.2) is 0 Å². The lowest BCUT2D eigenvalue weighted by Crippen LogP contribution is -2.43. The predicted octanol–water partition coefficient (Wildman–Crippen LogP) is 10.6. The van der Waals surface area contributed by atoms with E-state index in [2.05, 4.69) is 147 Å². The molecular weight excluding hydrogens is 450 g/mol. The van der Waals surface area contributed by atoms with Crippen LogP contribution in [0.15, 0.2) is 12.1 Å². The summed E-state index contributed by atoms with van der Waals surface area (Å²) >= 11 is 0. The highest BCUT2D eigenvalue weighted by Gasteiger charge is 2.42. The second kappa shape index (κ2) is 11.7. The molecule has 0 aliphatic heterocycles. The minimum atomic E-state index is -1.79. The third-order valence-electron chi connectivity index (χ3n) is 7.98. The van der Waals surface area contributed by atoms with E-state index in [-0.39, 0.29) is 22.3 Å². The standard InChI is InChI=1S/C34H61NSi/c1-23(2)20-28(18-19-36(24(3)4,25(5)6)26(7)8)35-31-29(33(12,13)14)21-27(32(9,10)11)22-30(31)34(15,16)17/h21-26,28,35H,20H2,1-17H3. The maximum absolute atomic E-state index is 4.08. The molecular formula is C34H61NSi. The lowest BCUT2D eigenvalue weighted by Gasteiger charge is -2.38. The van der Waals surface area contributed by atoms with E-state index in [1.54, 1.807) is 0 Å². The number of nitrogens with one attached hydrogen (secondary N) is 1. The second-order valence-corrected chi connectivity index (χ2v) is 21.3. The van der Waals surface area contributed by atoms with Crippen molar-refractivity contribution in [2.24, 2.45) is 5.92 Å². The van der Waals surface area contributed by atoms with Crippen LogP contribution in [0, 0.1) is 17.4 Å². The van der Waals surface area contributed by atoms with Crippen LogP contribution >= 0.6 is 0 Å². The SMILES string of the molecule is CC(C)CC(C#C[Si](C(C)C)(C(C)C)C(C)C)Nc1c(C(C)(C)C)cc(C(C)(C)C)cc1C(C)(C)C. The van der Waals surface area contributed by atoms with E-state index >= 15 is 0 Å². The summed E-state index contributed by atoms with van der Waals surface area (Å²) in [4.78, 5) is 0. The molecule has 1 rings (SSSR count). The molecule has 0 bridgehead atoms. The quantitative estimate of drug-likeness (QED) is 0.283. The lowest BCUT2D eigenvalue weighted by molar-refractivity contribution is 0.543. The molecule has 1 atom stereocenters. The Morgan fingerprint density at radius 2 is 1.06 bits per heavy atom. The molecule has 206 valence electrons. The largest absolute Gasteiger partial charge is 0.371 e. The van der Waals surface area contributed by atoms with Gasteiger partial charge in [-0.3, -0.25) is 0 Å². The minimum Gasteiger partial charge on any atom is -0.371 e. The first-order valence-corrected chi connectivity index (χ1v) is 16.8. The number of hydrogen-bond acceptors (Lipinski definition) is 1. The maximum atomic E-state index is 4.08. The van der Waals surface area contributed by atoms with Crippen molar-refractivity contribution in [3.63, 3.8) is 0 Å². The molecule has 0 radical (unpaired) electrons. The first-order valence-electron chi connectivity index (χ1n) is 14.5. The zero-order chi connectivity index (χ0) is 28.4. The Bertz CT molecular complexity index is 860. The summed E-state index contributed by atoms with van der Waals surface area (Å²) in [5.74, 6) is 4.47. The Hall–Kier alpha value is -1.20. The van der Waals surface area contributed by atoms with Crippen molar-refractivity contribution in [3.05, 3.63) is 28.8 Å². The third-order valence-corrected chi connectivity index (χ3v) is 14.3. The predicted molar refractivity (Wildman–Crippen MR) is 168 cm³/mol. The molecule has 1 unspecified atom stereocenters. The second-order valence-electron chi connectivity index (χ2n) is 15.7. The summed E-state index contributed by atoms with van der Waals surface area (Å²) in [5.41, 5.74) is 11.7. The van der Waals surface area contributed by atoms with E-state index in [9.17, 15) is 0 Å². The first-order chi connectivity index (χ1) is 16.0. The van der Waals surface area contributed by atoms with Gasteiger partial charge < -0.3 is 5.32 Å². The van der Waals surface area contributed by atoms with Gasteiger partial charge >= 0.3 is 0 Å². The van der Waals surface area contributed by atoms with Gasteiger partial charge in [0.05, 0.1) is 6.04 Å². The normalized spacial score (nSPS) is 14.5. The van der Waals surface area contributed by atoms with Crippen LogP contribution in [0.4, 0.5) is 5.69 Å². The van der Waals surface area contributed by atoms with Crippen LogP contribution in [0.25, 0.3) is 0 Å². The van der Waals surface area contributed by atoms with Gasteiger partial charge in [0, 0.05) is 5.69 Å². The van der Waals surface area contributed by atoms with E-state index in [1.807, 2.05) is 0 Å². The topological polar surface area (TPSA) is 12.0 Å². The van der Waals surface area contributed by atoms with Gasteiger partial charge in [-0.2, -0.15) is 0 Å². The van der Waals surface area contributed by atoms with Crippen LogP contribution in [-0.4, -0.2) is 14.1 Å². The van der Waals surface area contributed by atoms with E-state index in [4.69, 9.17) is 0 Å². The molecule has 0 heterocycles. The van der Waals surface area contributed by atoms with Gasteiger partial charge in [-0.1, -0.05) is 136 Å². The minimum absolute atomic E-state index is 0.0334. The van der Waals surface area contributed by atoms with E-state index in [0.717, 1.165) is 6.42 Å². The summed E-state index contributed by atoms with van der Waals surface area (Å²) in [6.07, 6.45) is 1.06. The average Bonchev–Trinajstić information content (AvgIpc) is 2.64. The van der Waals surface area contributed by atoms with E-state index in [0.29, 0.717) is 22.5 Å². The van der Waals surface area contributed by atoms with Gasteiger partial charge in [0.25, 0.3) is 0 Å². The maximum Gasteiger partial charge on any atom is 0.146 e. The molecule has 1 N–H and O–H groups in total. The van der Waals surface area contributed by atoms with Crippen LogP contribution < -0.4 is 5.32 Å². The monoisotopic (exact) mass is 511 g/mol. The molecule has 0 spiro atoms. The van der Waals surface area contributed by atoms with E-state index < -0.39 is 8.07 Å². The molecule has 0 aliphatic rings. The van der Waals surface area contributed by atoms with Gasteiger partial charge in [-0.15, -0.1) is 5.54 Å². The van der Waals surface area contributed by atoms with Gasteiger partial charge in [0.15, 0.2) is 0 Å². The van der Waals surface area contributed by atoms with Crippen molar-refractivity contribution >= 4 is 13.8 Å². The highest BCUT2D eigenvalue weighted by atomic mass is 28.3. The Morgan fingerprint density at radius 3 is 1.33 bits per heavy atom. The number of rotatable bonds is 7. The van der Waals surface area contributed by atoms with Gasteiger partial charge in [0.1, 0.15) is 8.07 Å². The smallest absolute Gasteiger partial charge is 0.146 e. The third kappa shape index (κ3) is 7.90. The van der Waals surface area contributed by atoms with Crippen molar-refractivity contribution in [2.45, 2.75) is 163 Å². The van der Waals surface area contributed by atoms with Crippen LogP contribution in [-0.2, 0) is 16.2 Å². The fourth-order valence-electron chi connectivity index (χ4n) is 5.86. The zero-order valence-electron chi connectivity index (χ0n) is 27.2. The summed E-state index contributed by atoms with van der Waals surface area (Å²) in [6.45, 7) is 40.2. The molecule has 0 fully saturated rings. The molecule has 1 aromatic rings. The number of benzene rings is 1. The first kappa shape index (κ1) is 32.8. The van der Waals surface area contributed by atoms with Crippen molar-refractivity contribution in [2.75, 3.05) is 5.32 Å². The zero-order valence-corrected chi connectivity index (χ0v) is 28.2. The van der Waals surface area contributed by atoms with Crippen molar-refractivity contribution < 1.29 is 0 Å². The summed E-state index contributed by atoms with van der Waals surface area (Å²) in [7, 11) is -1.79. The fourth-order valence-corrected chi connectivity index (χ4v) is 11.1.